The van der Waals surface area contributed by atoms with Crippen molar-refractivity contribution < 1.29 is 22.8 Å². The van der Waals surface area contributed by atoms with Crippen LogP contribution in [0.15, 0.2) is 53.3 Å². The average molecular weight is 460 g/mol. The smallest absolute Gasteiger partial charge is 0.273 e. The van der Waals surface area contributed by atoms with Crippen molar-refractivity contribution in [3.8, 4) is 0 Å². The monoisotopic (exact) mass is 460 g/mol. The molecule has 0 fully saturated rings. The molecule has 2 N–H and O–H groups in total. The summed E-state index contributed by atoms with van der Waals surface area (Å²) in [6, 6.07) is 11.1. The minimum Gasteiger partial charge on any atom is -0.273 e. The largest absolute Gasteiger partial charge is 0.416 e. The van der Waals surface area contributed by atoms with Crippen LogP contribution in [-0.4, -0.2) is 21.6 Å². The molecule has 174 valence electrons. The van der Waals surface area contributed by atoms with Crippen molar-refractivity contribution in [2.75, 3.05) is 0 Å². The van der Waals surface area contributed by atoms with Crippen molar-refractivity contribution in [2.24, 2.45) is 0 Å². The highest BCUT2D eigenvalue weighted by molar-refractivity contribution is 6.05. The van der Waals surface area contributed by atoms with Crippen LogP contribution < -0.4 is 16.4 Å². The Morgan fingerprint density at radius 2 is 1.67 bits per heavy atom. The van der Waals surface area contributed by atoms with E-state index in [9.17, 15) is 27.6 Å². The fourth-order valence-electron chi connectivity index (χ4n) is 3.40. The van der Waals surface area contributed by atoms with Crippen molar-refractivity contribution in [3.05, 3.63) is 75.7 Å². The summed E-state index contributed by atoms with van der Waals surface area (Å²) in [5, 5.41) is 4.86. The molecule has 0 aliphatic heterocycles. The second-order valence-corrected chi connectivity index (χ2v) is 7.65. The van der Waals surface area contributed by atoms with E-state index in [-0.39, 0.29) is 23.6 Å². The van der Waals surface area contributed by atoms with Gasteiger partial charge < -0.3 is 0 Å². The molecule has 0 bridgehead atoms. The van der Waals surface area contributed by atoms with Gasteiger partial charge in [-0.2, -0.15) is 18.3 Å². The molecule has 33 heavy (non-hydrogen) atoms. The first-order valence-corrected chi connectivity index (χ1v) is 10.4. The van der Waals surface area contributed by atoms with Crippen LogP contribution in [0.4, 0.5) is 13.2 Å². The number of nitrogens with one attached hydrogen (secondary N) is 2. The summed E-state index contributed by atoms with van der Waals surface area (Å²) < 4.78 is 39.3. The Bertz CT molecular complexity index is 1220. The third-order valence-electron chi connectivity index (χ3n) is 5.13. The number of hydrogen-bond donors (Lipinski definition) is 2. The van der Waals surface area contributed by atoms with Gasteiger partial charge in [0.1, 0.15) is 0 Å². The molecule has 3 aromatic rings. The molecule has 3 rings (SSSR count). The summed E-state index contributed by atoms with van der Waals surface area (Å²) in [6.45, 7) is 3.90. The van der Waals surface area contributed by atoms with Gasteiger partial charge in [-0.3, -0.25) is 25.2 Å². The third kappa shape index (κ3) is 5.57. The highest BCUT2D eigenvalue weighted by atomic mass is 19.4. The Kier molecular flexibility index (Phi) is 7.15. The number of alkyl halides is 3. The number of nitrogens with zero attached hydrogens (tertiary/aromatic N) is 2. The number of benzene rings is 2. The maximum absolute atomic E-state index is 12.7. The molecule has 0 radical (unpaired) electrons. The van der Waals surface area contributed by atoms with Crippen LogP contribution in [-0.2, 0) is 17.5 Å². The number of hydrogen-bond acceptors (Lipinski definition) is 4. The molecule has 1 aromatic heterocycles. The molecular weight excluding hydrogens is 437 g/mol. The van der Waals surface area contributed by atoms with Crippen molar-refractivity contribution >= 4 is 22.6 Å². The predicted molar refractivity (Wildman–Crippen MR) is 116 cm³/mol. The lowest BCUT2D eigenvalue weighted by Crippen LogP contribution is -2.43. The maximum Gasteiger partial charge on any atom is 0.416 e. The molecule has 1 unspecified atom stereocenters. The van der Waals surface area contributed by atoms with Gasteiger partial charge in [0, 0.05) is 18.4 Å². The minimum atomic E-state index is -4.43. The molecule has 2 aromatic carbocycles. The number of amides is 2. The molecule has 1 heterocycles. The normalized spacial score (nSPS) is 12.4. The van der Waals surface area contributed by atoms with E-state index in [4.69, 9.17) is 0 Å². The van der Waals surface area contributed by atoms with E-state index in [0.29, 0.717) is 29.3 Å². The van der Waals surface area contributed by atoms with Crippen LogP contribution in [0.2, 0.25) is 0 Å². The Morgan fingerprint density at radius 1 is 1.03 bits per heavy atom. The lowest BCUT2D eigenvalue weighted by molar-refractivity contribution is -0.137. The number of aryl methyl sites for hydroxylation is 1. The Hall–Kier alpha value is -3.69. The van der Waals surface area contributed by atoms with Crippen LogP contribution >= 0.6 is 0 Å². The van der Waals surface area contributed by atoms with Crippen LogP contribution in [0.1, 0.15) is 54.2 Å². The van der Waals surface area contributed by atoms with E-state index in [1.54, 1.807) is 31.2 Å². The molecule has 1 atom stereocenters. The second kappa shape index (κ2) is 9.85. The highest BCUT2D eigenvalue weighted by Crippen LogP contribution is 2.30. The van der Waals surface area contributed by atoms with Crippen molar-refractivity contribution in [1.29, 1.82) is 0 Å². The zero-order chi connectivity index (χ0) is 24.2. The number of aromatic nitrogens is 2. The van der Waals surface area contributed by atoms with Crippen molar-refractivity contribution in [3.63, 3.8) is 0 Å². The maximum atomic E-state index is 12.7. The lowest BCUT2D eigenvalue weighted by atomic mass is 9.96. The molecule has 0 aliphatic rings. The first-order chi connectivity index (χ1) is 15.6. The number of halogens is 3. The van der Waals surface area contributed by atoms with E-state index in [1.165, 1.54) is 16.8 Å². The predicted octanol–water partition coefficient (Wildman–Crippen LogP) is 3.78. The highest BCUT2D eigenvalue weighted by Gasteiger charge is 2.30. The zero-order valence-electron chi connectivity index (χ0n) is 18.1. The second-order valence-electron chi connectivity index (χ2n) is 7.65. The van der Waals surface area contributed by atoms with Gasteiger partial charge >= 0.3 is 6.18 Å². The summed E-state index contributed by atoms with van der Waals surface area (Å²) in [5.74, 6) is -1.59. The summed E-state index contributed by atoms with van der Waals surface area (Å²) in [6.07, 6.45) is -3.85. The van der Waals surface area contributed by atoms with Gasteiger partial charge in [0.2, 0.25) is 5.91 Å². The lowest BCUT2D eigenvalue weighted by Gasteiger charge is -2.14. The van der Waals surface area contributed by atoms with Crippen LogP contribution in [0.5, 0.6) is 0 Å². The molecule has 2 amide bonds. The molecule has 10 heteroatoms. The van der Waals surface area contributed by atoms with E-state index in [1.807, 2.05) is 6.92 Å². The van der Waals surface area contributed by atoms with Gasteiger partial charge in [-0.15, -0.1) is 0 Å². The first-order valence-electron chi connectivity index (χ1n) is 10.4. The molecule has 0 saturated carbocycles. The number of carbonyl (C=O) groups excluding carboxylic acids is 2. The summed E-state index contributed by atoms with van der Waals surface area (Å²) in [7, 11) is 0. The number of rotatable bonds is 6. The van der Waals surface area contributed by atoms with Crippen LogP contribution in [0.25, 0.3) is 10.8 Å². The van der Waals surface area contributed by atoms with Crippen molar-refractivity contribution in [2.45, 2.75) is 45.3 Å². The van der Waals surface area contributed by atoms with Gasteiger partial charge in [0.25, 0.3) is 11.5 Å². The molecular formula is C23H23F3N4O3. The number of hydrazine groups is 1. The molecule has 0 aliphatic carbocycles. The minimum absolute atomic E-state index is 0.00487. The topological polar surface area (TPSA) is 93.1 Å². The molecule has 0 saturated heterocycles. The van der Waals surface area contributed by atoms with Crippen LogP contribution in [0, 0.1) is 0 Å². The SMILES string of the molecule is CCCn1nc(C(=O)NNC(=O)CC(C)c2ccc(C(F)(F)F)cc2)c2ccccc2c1=O. The van der Waals surface area contributed by atoms with Gasteiger partial charge in [-0.05, 0) is 36.1 Å². The Balaban J connectivity index is 1.68. The van der Waals surface area contributed by atoms with Gasteiger partial charge in [0.15, 0.2) is 5.69 Å². The standard InChI is InChI=1S/C23H23F3N4O3/c1-3-12-30-22(33)18-7-5-4-6-17(18)20(29-30)21(32)28-27-19(31)13-14(2)15-8-10-16(11-9-15)23(24,25)26/h4-11,14H,3,12-13H2,1-2H3,(H,27,31)(H,28,32). The zero-order valence-corrected chi connectivity index (χ0v) is 18.1. The number of carbonyl (C=O) groups is 2. The quantitative estimate of drug-likeness (QED) is 0.548. The van der Waals surface area contributed by atoms with Crippen molar-refractivity contribution in [1.82, 2.24) is 20.6 Å². The molecule has 0 spiro atoms. The van der Waals surface area contributed by atoms with E-state index < -0.39 is 23.6 Å². The van der Waals surface area contributed by atoms with Gasteiger partial charge in [-0.1, -0.05) is 44.2 Å². The Labute approximate surface area is 187 Å². The van der Waals surface area contributed by atoms with E-state index in [2.05, 4.69) is 16.0 Å². The number of fused-ring (bicyclic) bond motifs is 1. The van der Waals surface area contributed by atoms with Crippen LogP contribution in [0.3, 0.4) is 0 Å². The molecule has 7 nitrogen and oxygen atoms in total. The fourth-order valence-corrected chi connectivity index (χ4v) is 3.40. The summed E-state index contributed by atoms with van der Waals surface area (Å²) in [4.78, 5) is 37.5. The van der Waals surface area contributed by atoms with Gasteiger partial charge in [0.05, 0.1) is 10.9 Å². The summed E-state index contributed by atoms with van der Waals surface area (Å²) >= 11 is 0. The third-order valence-corrected chi connectivity index (χ3v) is 5.13. The van der Waals surface area contributed by atoms with E-state index >= 15 is 0 Å². The first kappa shape index (κ1) is 24.0. The van der Waals surface area contributed by atoms with E-state index in [0.717, 1.165) is 12.1 Å². The summed E-state index contributed by atoms with van der Waals surface area (Å²) in [5.41, 5.74) is 4.09. The fraction of sp³-hybridized carbons (Fsp3) is 0.304. The Morgan fingerprint density at radius 3 is 2.27 bits per heavy atom. The van der Waals surface area contributed by atoms with Gasteiger partial charge in [-0.25, -0.2) is 4.68 Å². The average Bonchev–Trinajstić information content (AvgIpc) is 2.79.